The normalized spacial score (nSPS) is 12.8. The van der Waals surface area contributed by atoms with Gasteiger partial charge in [0.25, 0.3) is 10.0 Å². The summed E-state index contributed by atoms with van der Waals surface area (Å²) in [5.74, 6) is -0.753. The van der Waals surface area contributed by atoms with E-state index in [1.807, 2.05) is 39.8 Å². The van der Waals surface area contributed by atoms with Gasteiger partial charge >= 0.3 is 0 Å². The van der Waals surface area contributed by atoms with Crippen LogP contribution in [0.5, 0.6) is 0 Å². The number of halogens is 1. The van der Waals surface area contributed by atoms with Crippen molar-refractivity contribution in [3.8, 4) is 0 Å². The molecular weight excluding hydrogens is 546 g/mol. The molecule has 2 atom stereocenters. The molecule has 0 fully saturated rings. The summed E-state index contributed by atoms with van der Waals surface area (Å²) in [6.07, 6.45) is 1.68. The maximum Gasteiger partial charge on any atom is 0.264 e. The molecule has 0 aromatic heterocycles. The van der Waals surface area contributed by atoms with E-state index in [9.17, 15) is 18.0 Å². The molecule has 3 rings (SSSR count). The SMILES string of the molecule is CCc1ccccc1N(CC(=O)N(Cc1ccc(Cl)cc1)[C@@H](CC)C(=O)N[C@H](C)CC)S(=O)(=O)c1ccccc1. The predicted molar refractivity (Wildman–Crippen MR) is 161 cm³/mol. The number of amides is 2. The quantitative estimate of drug-likeness (QED) is 0.275. The average molecular weight is 584 g/mol. The van der Waals surface area contributed by atoms with Crippen LogP contribution >= 0.6 is 11.6 Å². The number of nitrogens with one attached hydrogen (secondary N) is 1. The Labute approximate surface area is 243 Å². The lowest BCUT2D eigenvalue weighted by atomic mass is 10.1. The molecular formula is C31H38ClN3O4S. The highest BCUT2D eigenvalue weighted by Crippen LogP contribution is 2.28. The van der Waals surface area contributed by atoms with Gasteiger partial charge in [0, 0.05) is 17.6 Å². The molecule has 0 radical (unpaired) electrons. The van der Waals surface area contributed by atoms with Crippen molar-refractivity contribution in [1.29, 1.82) is 0 Å². The van der Waals surface area contributed by atoms with Gasteiger partial charge < -0.3 is 10.2 Å². The van der Waals surface area contributed by atoms with Gasteiger partial charge in [-0.25, -0.2) is 8.42 Å². The standard InChI is InChI=1S/C31H38ClN3O4S/c1-5-23(4)33-31(37)28(7-3)34(21-24-17-19-26(32)20-18-24)30(36)22-35(29-16-12-11-13-25(29)6-2)40(38,39)27-14-9-8-10-15-27/h8-20,23,28H,5-7,21-22H2,1-4H3,(H,33,37)/t23-,28+/m1/s1. The Morgan fingerprint density at radius 2 is 1.50 bits per heavy atom. The van der Waals surface area contributed by atoms with Gasteiger partial charge in [0.05, 0.1) is 10.6 Å². The smallest absolute Gasteiger partial charge is 0.264 e. The Balaban J connectivity index is 2.08. The highest BCUT2D eigenvalue weighted by Gasteiger charge is 2.34. The molecule has 9 heteroatoms. The first kappa shape index (κ1) is 31.2. The second kappa shape index (κ2) is 14.3. The molecule has 40 heavy (non-hydrogen) atoms. The first-order valence-electron chi connectivity index (χ1n) is 13.6. The van der Waals surface area contributed by atoms with E-state index in [-0.39, 0.29) is 23.4 Å². The highest BCUT2D eigenvalue weighted by molar-refractivity contribution is 7.92. The van der Waals surface area contributed by atoms with E-state index in [0.29, 0.717) is 23.6 Å². The number of hydrogen-bond acceptors (Lipinski definition) is 4. The summed E-state index contributed by atoms with van der Waals surface area (Å²) in [5.41, 5.74) is 2.00. The lowest BCUT2D eigenvalue weighted by Gasteiger charge is -2.34. The molecule has 0 unspecified atom stereocenters. The Morgan fingerprint density at radius 1 is 0.875 bits per heavy atom. The third-order valence-electron chi connectivity index (χ3n) is 6.90. The van der Waals surface area contributed by atoms with Crippen molar-refractivity contribution in [2.45, 2.75) is 70.5 Å². The number of sulfonamides is 1. The minimum absolute atomic E-state index is 0.0691. The van der Waals surface area contributed by atoms with Crippen LogP contribution in [0, 0.1) is 0 Å². The van der Waals surface area contributed by atoms with Crippen LogP contribution in [0.2, 0.25) is 5.02 Å². The third kappa shape index (κ3) is 7.64. The molecule has 0 bridgehead atoms. The second-order valence-corrected chi connectivity index (χ2v) is 12.0. The van der Waals surface area contributed by atoms with Gasteiger partial charge in [0.1, 0.15) is 12.6 Å². The largest absolute Gasteiger partial charge is 0.352 e. The van der Waals surface area contributed by atoms with E-state index in [4.69, 9.17) is 11.6 Å². The number of nitrogens with zero attached hydrogens (tertiary/aromatic N) is 2. The van der Waals surface area contributed by atoms with Gasteiger partial charge in [-0.1, -0.05) is 80.9 Å². The van der Waals surface area contributed by atoms with Crippen LogP contribution in [0.25, 0.3) is 0 Å². The number of aryl methyl sites for hydroxylation is 1. The monoisotopic (exact) mass is 583 g/mol. The fraction of sp³-hybridized carbons (Fsp3) is 0.355. The van der Waals surface area contributed by atoms with E-state index < -0.39 is 28.5 Å². The van der Waals surface area contributed by atoms with Crippen LogP contribution in [0.4, 0.5) is 5.69 Å². The first-order chi connectivity index (χ1) is 19.1. The Kier molecular flexibility index (Phi) is 11.2. The van der Waals surface area contributed by atoms with Gasteiger partial charge in [-0.05, 0) is 67.6 Å². The number of para-hydroxylation sites is 1. The lowest BCUT2D eigenvalue weighted by Crippen LogP contribution is -2.53. The average Bonchev–Trinajstić information content (AvgIpc) is 2.96. The van der Waals surface area contributed by atoms with Crippen LogP contribution in [0.15, 0.2) is 83.8 Å². The van der Waals surface area contributed by atoms with Crippen molar-refractivity contribution in [1.82, 2.24) is 10.2 Å². The molecule has 1 N–H and O–H groups in total. The molecule has 0 saturated heterocycles. The van der Waals surface area contributed by atoms with Crippen molar-refractivity contribution < 1.29 is 18.0 Å². The summed E-state index contributed by atoms with van der Waals surface area (Å²) in [5, 5.41) is 3.54. The molecule has 0 spiro atoms. The summed E-state index contributed by atoms with van der Waals surface area (Å²) in [7, 11) is -4.10. The minimum Gasteiger partial charge on any atom is -0.352 e. The lowest BCUT2D eigenvalue weighted by molar-refractivity contribution is -0.140. The zero-order chi connectivity index (χ0) is 29.3. The number of rotatable bonds is 13. The van der Waals surface area contributed by atoms with Crippen molar-refractivity contribution in [3.63, 3.8) is 0 Å². The summed E-state index contributed by atoms with van der Waals surface area (Å²) in [4.78, 5) is 29.1. The van der Waals surface area contributed by atoms with E-state index in [1.165, 1.54) is 17.0 Å². The van der Waals surface area contributed by atoms with E-state index in [0.717, 1.165) is 21.9 Å². The summed E-state index contributed by atoms with van der Waals surface area (Å²) < 4.78 is 29.1. The summed E-state index contributed by atoms with van der Waals surface area (Å²) >= 11 is 6.08. The van der Waals surface area contributed by atoms with E-state index >= 15 is 0 Å². The molecule has 0 saturated carbocycles. The minimum atomic E-state index is -4.10. The van der Waals surface area contributed by atoms with Crippen molar-refractivity contribution in [3.05, 3.63) is 95.0 Å². The fourth-order valence-electron chi connectivity index (χ4n) is 4.43. The predicted octanol–water partition coefficient (Wildman–Crippen LogP) is 5.82. The fourth-order valence-corrected chi connectivity index (χ4v) is 6.03. The van der Waals surface area contributed by atoms with E-state index in [2.05, 4.69) is 5.32 Å². The van der Waals surface area contributed by atoms with Gasteiger partial charge in [0.2, 0.25) is 11.8 Å². The molecule has 2 amide bonds. The van der Waals surface area contributed by atoms with E-state index in [1.54, 1.807) is 54.6 Å². The topological polar surface area (TPSA) is 86.8 Å². The number of anilines is 1. The Bertz CT molecular complexity index is 1380. The maximum absolute atomic E-state index is 14.1. The van der Waals surface area contributed by atoms with Crippen LogP contribution in [0.1, 0.15) is 51.7 Å². The molecule has 0 aliphatic heterocycles. The number of carbonyl (C=O) groups is 2. The summed E-state index contributed by atoms with van der Waals surface area (Å²) in [6.45, 7) is 7.32. The van der Waals surface area contributed by atoms with Gasteiger partial charge in [0.15, 0.2) is 0 Å². The number of hydrogen-bond donors (Lipinski definition) is 1. The molecule has 0 heterocycles. The van der Waals surface area contributed by atoms with Crippen LogP contribution in [-0.2, 0) is 32.6 Å². The van der Waals surface area contributed by atoms with Gasteiger partial charge in [-0.3, -0.25) is 13.9 Å². The van der Waals surface area contributed by atoms with Crippen molar-refractivity contribution >= 4 is 39.1 Å². The molecule has 3 aromatic carbocycles. The van der Waals surface area contributed by atoms with Crippen LogP contribution in [-0.4, -0.2) is 43.8 Å². The maximum atomic E-state index is 14.1. The number of carbonyl (C=O) groups excluding carboxylic acids is 2. The zero-order valence-corrected chi connectivity index (χ0v) is 25.1. The Morgan fingerprint density at radius 3 is 2.10 bits per heavy atom. The molecule has 0 aliphatic rings. The van der Waals surface area contributed by atoms with Crippen LogP contribution in [0.3, 0.4) is 0 Å². The van der Waals surface area contributed by atoms with Gasteiger partial charge in [-0.15, -0.1) is 0 Å². The number of benzene rings is 3. The van der Waals surface area contributed by atoms with Crippen molar-refractivity contribution in [2.75, 3.05) is 10.8 Å². The molecule has 7 nitrogen and oxygen atoms in total. The van der Waals surface area contributed by atoms with Crippen LogP contribution < -0.4 is 9.62 Å². The van der Waals surface area contributed by atoms with Gasteiger partial charge in [-0.2, -0.15) is 0 Å². The summed E-state index contributed by atoms with van der Waals surface area (Å²) in [6, 6.07) is 21.4. The Hall–Kier alpha value is -3.36. The van der Waals surface area contributed by atoms with Crippen molar-refractivity contribution in [2.24, 2.45) is 0 Å². The zero-order valence-electron chi connectivity index (χ0n) is 23.5. The highest BCUT2D eigenvalue weighted by atomic mass is 35.5. The molecule has 0 aliphatic carbocycles. The molecule has 214 valence electrons. The molecule has 3 aromatic rings. The first-order valence-corrected chi connectivity index (χ1v) is 15.4. The second-order valence-electron chi connectivity index (χ2n) is 9.70. The third-order valence-corrected chi connectivity index (χ3v) is 8.93.